The highest BCUT2D eigenvalue weighted by Gasteiger charge is 2.22. The molecular weight excluding hydrogens is 228 g/mol. The number of nitrogens with zero attached hydrogens (tertiary/aromatic N) is 2. The van der Waals surface area contributed by atoms with E-state index in [1.165, 1.54) is 0 Å². The van der Waals surface area contributed by atoms with E-state index in [0.29, 0.717) is 12.4 Å². The number of likely N-dealkylation sites (N-methyl/N-ethyl adjacent to an activating group) is 1. The molecule has 18 heavy (non-hydrogen) atoms. The molecule has 0 atom stereocenters. The molecule has 0 radical (unpaired) electrons. The standard InChI is InChI=1S/C14H14N2O2/c1-16-13(17)10-15-14(16)12-7-3-5-11(9-12)6-4-8-18-2/h3,5,7,9H,8,10H2,1-2H3. The maximum absolute atomic E-state index is 11.4. The molecular formula is C14H14N2O2. The molecule has 0 saturated heterocycles. The Balaban J connectivity index is 2.24. The van der Waals surface area contributed by atoms with Gasteiger partial charge in [0.15, 0.2) is 0 Å². The van der Waals surface area contributed by atoms with Gasteiger partial charge in [-0.05, 0) is 12.1 Å². The molecule has 0 unspecified atom stereocenters. The smallest absolute Gasteiger partial charge is 0.249 e. The minimum Gasteiger partial charge on any atom is -0.372 e. The number of carbonyl (C=O) groups is 1. The first kappa shape index (κ1) is 12.3. The molecule has 1 aromatic carbocycles. The molecule has 4 heteroatoms. The third-order valence-corrected chi connectivity index (χ3v) is 2.63. The first-order valence-corrected chi connectivity index (χ1v) is 5.61. The van der Waals surface area contributed by atoms with E-state index in [-0.39, 0.29) is 12.5 Å². The van der Waals surface area contributed by atoms with E-state index in [4.69, 9.17) is 4.74 Å². The van der Waals surface area contributed by atoms with Crippen LogP contribution in [0.1, 0.15) is 11.1 Å². The number of rotatable bonds is 2. The van der Waals surface area contributed by atoms with E-state index in [2.05, 4.69) is 16.8 Å². The van der Waals surface area contributed by atoms with Crippen molar-refractivity contribution in [2.75, 3.05) is 27.3 Å². The number of aliphatic imine (C=N–C) groups is 1. The second-order valence-electron chi connectivity index (χ2n) is 3.91. The molecule has 0 aliphatic carbocycles. The zero-order valence-electron chi connectivity index (χ0n) is 10.4. The van der Waals surface area contributed by atoms with Crippen molar-refractivity contribution in [1.29, 1.82) is 0 Å². The van der Waals surface area contributed by atoms with Crippen molar-refractivity contribution in [3.63, 3.8) is 0 Å². The van der Waals surface area contributed by atoms with E-state index in [1.54, 1.807) is 19.1 Å². The quantitative estimate of drug-likeness (QED) is 0.723. The Morgan fingerprint density at radius 2 is 2.33 bits per heavy atom. The van der Waals surface area contributed by atoms with Crippen molar-refractivity contribution >= 4 is 11.7 Å². The predicted molar refractivity (Wildman–Crippen MR) is 69.4 cm³/mol. The summed E-state index contributed by atoms with van der Waals surface area (Å²) < 4.78 is 4.87. The molecule has 0 fully saturated rings. The van der Waals surface area contributed by atoms with E-state index in [0.717, 1.165) is 11.1 Å². The molecule has 0 bridgehead atoms. The highest BCUT2D eigenvalue weighted by molar-refractivity contribution is 6.12. The second kappa shape index (κ2) is 5.48. The number of ether oxygens (including phenoxy) is 1. The first-order chi connectivity index (χ1) is 8.72. The van der Waals surface area contributed by atoms with Gasteiger partial charge in [-0.3, -0.25) is 14.7 Å². The number of amides is 1. The van der Waals surface area contributed by atoms with Crippen LogP contribution in [0.5, 0.6) is 0 Å². The Hall–Kier alpha value is -2.12. The largest absolute Gasteiger partial charge is 0.372 e. The van der Waals surface area contributed by atoms with Gasteiger partial charge in [0, 0.05) is 25.3 Å². The van der Waals surface area contributed by atoms with Crippen molar-refractivity contribution in [1.82, 2.24) is 4.90 Å². The number of amidine groups is 1. The molecule has 0 saturated carbocycles. The number of carbonyl (C=O) groups excluding carboxylic acids is 1. The summed E-state index contributed by atoms with van der Waals surface area (Å²) in [5.41, 5.74) is 1.80. The summed E-state index contributed by atoms with van der Waals surface area (Å²) in [6.07, 6.45) is 0. The topological polar surface area (TPSA) is 41.9 Å². The zero-order valence-corrected chi connectivity index (χ0v) is 10.4. The Kier molecular flexibility index (Phi) is 3.75. The summed E-state index contributed by atoms with van der Waals surface area (Å²) >= 11 is 0. The summed E-state index contributed by atoms with van der Waals surface area (Å²) in [5, 5.41) is 0. The predicted octanol–water partition coefficient (Wildman–Crippen LogP) is 0.903. The lowest BCUT2D eigenvalue weighted by Gasteiger charge is -2.11. The van der Waals surface area contributed by atoms with Gasteiger partial charge in [-0.2, -0.15) is 0 Å². The number of methoxy groups -OCH3 is 1. The summed E-state index contributed by atoms with van der Waals surface area (Å²) in [7, 11) is 3.34. The zero-order chi connectivity index (χ0) is 13.0. The van der Waals surface area contributed by atoms with Gasteiger partial charge >= 0.3 is 0 Å². The van der Waals surface area contributed by atoms with Crippen LogP contribution in [0.4, 0.5) is 0 Å². The Labute approximate surface area is 106 Å². The van der Waals surface area contributed by atoms with Gasteiger partial charge in [-0.15, -0.1) is 0 Å². The molecule has 1 aromatic rings. The molecule has 0 spiro atoms. The lowest BCUT2D eigenvalue weighted by Crippen LogP contribution is -2.28. The van der Waals surface area contributed by atoms with Crippen LogP contribution in [0.15, 0.2) is 29.3 Å². The molecule has 0 aromatic heterocycles. The molecule has 1 aliphatic rings. The number of benzene rings is 1. The molecule has 92 valence electrons. The van der Waals surface area contributed by atoms with E-state index in [9.17, 15) is 4.79 Å². The molecule has 0 N–H and O–H groups in total. The lowest BCUT2D eigenvalue weighted by molar-refractivity contribution is -0.123. The lowest BCUT2D eigenvalue weighted by atomic mass is 10.1. The first-order valence-electron chi connectivity index (χ1n) is 5.61. The van der Waals surface area contributed by atoms with E-state index >= 15 is 0 Å². The number of hydrogen-bond donors (Lipinski definition) is 0. The highest BCUT2D eigenvalue weighted by Crippen LogP contribution is 2.12. The van der Waals surface area contributed by atoms with Crippen molar-refractivity contribution in [2.24, 2.45) is 4.99 Å². The van der Waals surface area contributed by atoms with Gasteiger partial charge in [-0.1, -0.05) is 24.0 Å². The second-order valence-corrected chi connectivity index (χ2v) is 3.91. The van der Waals surface area contributed by atoms with Crippen LogP contribution in [-0.2, 0) is 9.53 Å². The molecule has 1 amide bonds. The average Bonchev–Trinajstić information content (AvgIpc) is 2.71. The van der Waals surface area contributed by atoms with Gasteiger partial charge in [0.2, 0.25) is 5.91 Å². The van der Waals surface area contributed by atoms with Gasteiger partial charge in [0.05, 0.1) is 0 Å². The van der Waals surface area contributed by atoms with Crippen LogP contribution in [0.3, 0.4) is 0 Å². The van der Waals surface area contributed by atoms with Crippen molar-refractivity contribution < 1.29 is 9.53 Å². The van der Waals surface area contributed by atoms with Gasteiger partial charge in [0.25, 0.3) is 0 Å². The Morgan fingerprint density at radius 3 is 3.00 bits per heavy atom. The minimum absolute atomic E-state index is 0.0147. The fourth-order valence-electron chi connectivity index (χ4n) is 1.70. The fraction of sp³-hybridized carbons (Fsp3) is 0.286. The maximum Gasteiger partial charge on any atom is 0.249 e. The monoisotopic (exact) mass is 242 g/mol. The van der Waals surface area contributed by atoms with Crippen LogP contribution in [0.2, 0.25) is 0 Å². The third kappa shape index (κ3) is 2.58. The Bertz CT molecular complexity index is 552. The van der Waals surface area contributed by atoms with Crippen molar-refractivity contribution in [3.8, 4) is 11.8 Å². The van der Waals surface area contributed by atoms with Gasteiger partial charge in [0.1, 0.15) is 19.0 Å². The molecule has 1 aliphatic heterocycles. The third-order valence-electron chi connectivity index (χ3n) is 2.63. The summed E-state index contributed by atoms with van der Waals surface area (Å²) in [6.45, 7) is 0.634. The average molecular weight is 242 g/mol. The van der Waals surface area contributed by atoms with Crippen LogP contribution in [0.25, 0.3) is 0 Å². The fourth-order valence-corrected chi connectivity index (χ4v) is 1.70. The highest BCUT2D eigenvalue weighted by atomic mass is 16.5. The van der Waals surface area contributed by atoms with Crippen molar-refractivity contribution in [2.45, 2.75) is 0 Å². The van der Waals surface area contributed by atoms with Crippen LogP contribution in [-0.4, -0.2) is 44.0 Å². The SMILES string of the molecule is COCC#Cc1cccc(C2=NCC(=O)N2C)c1. The van der Waals surface area contributed by atoms with Gasteiger partial charge in [-0.25, -0.2) is 0 Å². The van der Waals surface area contributed by atoms with Crippen molar-refractivity contribution in [3.05, 3.63) is 35.4 Å². The summed E-state index contributed by atoms with van der Waals surface area (Å²) in [4.78, 5) is 17.2. The Morgan fingerprint density at radius 1 is 1.50 bits per heavy atom. The van der Waals surface area contributed by atoms with E-state index in [1.807, 2.05) is 24.3 Å². The summed E-state index contributed by atoms with van der Waals surface area (Å²) in [5.74, 6) is 6.62. The van der Waals surface area contributed by atoms with E-state index < -0.39 is 0 Å². The molecule has 2 rings (SSSR count). The van der Waals surface area contributed by atoms with Crippen LogP contribution < -0.4 is 0 Å². The van der Waals surface area contributed by atoms with Crippen LogP contribution >= 0.6 is 0 Å². The minimum atomic E-state index is 0.0147. The summed E-state index contributed by atoms with van der Waals surface area (Å²) in [6, 6.07) is 7.68. The van der Waals surface area contributed by atoms with Gasteiger partial charge < -0.3 is 4.74 Å². The molecule has 1 heterocycles. The normalized spacial score (nSPS) is 14.2. The maximum atomic E-state index is 11.4. The molecule has 4 nitrogen and oxygen atoms in total. The number of hydrogen-bond acceptors (Lipinski definition) is 3. The van der Waals surface area contributed by atoms with Crippen LogP contribution in [0, 0.1) is 11.8 Å².